The second-order valence-corrected chi connectivity index (χ2v) is 6.26. The molecule has 1 amide bonds. The molecule has 0 saturated carbocycles. The van der Waals surface area contributed by atoms with E-state index in [1.54, 1.807) is 6.20 Å². The van der Waals surface area contributed by atoms with Crippen LogP contribution in [0.4, 0.5) is 0 Å². The van der Waals surface area contributed by atoms with Gasteiger partial charge in [0, 0.05) is 24.2 Å². The van der Waals surface area contributed by atoms with Crippen molar-refractivity contribution in [1.82, 2.24) is 30.2 Å². The molecule has 0 bridgehead atoms. The van der Waals surface area contributed by atoms with E-state index < -0.39 is 0 Å². The van der Waals surface area contributed by atoms with Gasteiger partial charge in [-0.2, -0.15) is 0 Å². The number of imidazole rings is 1. The van der Waals surface area contributed by atoms with Crippen LogP contribution in [-0.2, 0) is 6.54 Å². The number of aromatic amines is 1. The summed E-state index contributed by atoms with van der Waals surface area (Å²) in [6.45, 7) is 2.28. The average molecular weight is 370 g/mol. The van der Waals surface area contributed by atoms with Crippen LogP contribution in [0.2, 0.25) is 0 Å². The van der Waals surface area contributed by atoms with Gasteiger partial charge in [0.1, 0.15) is 11.5 Å². The highest BCUT2D eigenvalue weighted by atomic mass is 16.1. The fourth-order valence-electron chi connectivity index (χ4n) is 2.79. The smallest absolute Gasteiger partial charge is 0.271 e. The van der Waals surface area contributed by atoms with Crippen molar-refractivity contribution in [2.45, 2.75) is 13.5 Å². The summed E-state index contributed by atoms with van der Waals surface area (Å²) >= 11 is 0. The molecule has 0 aliphatic carbocycles. The molecular formula is C21H18N6O. The Morgan fingerprint density at radius 3 is 2.61 bits per heavy atom. The number of H-pyrrole nitrogens is 1. The van der Waals surface area contributed by atoms with Crippen molar-refractivity contribution in [3.05, 3.63) is 84.3 Å². The molecule has 0 spiro atoms. The van der Waals surface area contributed by atoms with Gasteiger partial charge in [-0.05, 0) is 19.1 Å². The average Bonchev–Trinajstić information content (AvgIpc) is 3.18. The van der Waals surface area contributed by atoms with Crippen molar-refractivity contribution in [2.75, 3.05) is 0 Å². The van der Waals surface area contributed by atoms with Crippen LogP contribution < -0.4 is 5.32 Å². The first-order chi connectivity index (χ1) is 13.7. The van der Waals surface area contributed by atoms with Crippen LogP contribution in [0.5, 0.6) is 0 Å². The van der Waals surface area contributed by atoms with Gasteiger partial charge in [0.2, 0.25) is 0 Å². The van der Waals surface area contributed by atoms with E-state index in [0.29, 0.717) is 5.82 Å². The van der Waals surface area contributed by atoms with Crippen LogP contribution in [0, 0.1) is 6.92 Å². The van der Waals surface area contributed by atoms with E-state index in [1.807, 2.05) is 49.4 Å². The number of nitrogens with one attached hydrogen (secondary N) is 2. The van der Waals surface area contributed by atoms with Crippen LogP contribution in [0.1, 0.15) is 21.9 Å². The number of nitrogens with zero attached hydrogens (tertiary/aromatic N) is 4. The molecule has 1 aromatic carbocycles. The number of pyridine rings is 1. The van der Waals surface area contributed by atoms with E-state index in [4.69, 9.17) is 4.98 Å². The number of carbonyl (C=O) groups excluding carboxylic acids is 1. The van der Waals surface area contributed by atoms with Crippen molar-refractivity contribution in [3.63, 3.8) is 0 Å². The van der Waals surface area contributed by atoms with Crippen molar-refractivity contribution in [3.8, 4) is 22.6 Å². The molecule has 28 heavy (non-hydrogen) atoms. The van der Waals surface area contributed by atoms with Gasteiger partial charge in [-0.3, -0.25) is 14.8 Å². The summed E-state index contributed by atoms with van der Waals surface area (Å²) in [6, 6.07) is 13.9. The summed E-state index contributed by atoms with van der Waals surface area (Å²) in [7, 11) is 0. The van der Waals surface area contributed by atoms with Crippen molar-refractivity contribution in [2.24, 2.45) is 0 Å². The Kier molecular flexibility index (Phi) is 4.88. The topological polar surface area (TPSA) is 96.5 Å². The molecule has 0 aliphatic heterocycles. The third-order valence-corrected chi connectivity index (χ3v) is 4.21. The SMILES string of the molecule is Cc1ccc(-c2nc(CNC(=O)c3cnccn3)[nH]c2-c2ccccn2)cc1. The third-order valence-electron chi connectivity index (χ3n) is 4.21. The zero-order valence-electron chi connectivity index (χ0n) is 15.3. The largest absolute Gasteiger partial charge is 0.343 e. The van der Waals surface area contributed by atoms with Gasteiger partial charge in [-0.15, -0.1) is 0 Å². The lowest BCUT2D eigenvalue weighted by Crippen LogP contribution is -2.24. The molecular weight excluding hydrogens is 352 g/mol. The van der Waals surface area contributed by atoms with Crippen molar-refractivity contribution < 1.29 is 4.79 Å². The molecule has 4 aromatic rings. The molecule has 4 rings (SSSR count). The Hall–Kier alpha value is -3.87. The molecule has 3 heterocycles. The predicted octanol–water partition coefficient (Wildman–Crippen LogP) is 3.17. The number of amides is 1. The highest BCUT2D eigenvalue weighted by molar-refractivity contribution is 5.91. The highest BCUT2D eigenvalue weighted by Crippen LogP contribution is 2.29. The Bertz CT molecular complexity index is 1080. The van der Waals surface area contributed by atoms with Gasteiger partial charge in [0.05, 0.1) is 29.8 Å². The van der Waals surface area contributed by atoms with Gasteiger partial charge in [0.15, 0.2) is 0 Å². The maximum absolute atomic E-state index is 12.2. The number of aromatic nitrogens is 5. The number of aryl methyl sites for hydroxylation is 1. The normalized spacial score (nSPS) is 10.6. The molecule has 0 unspecified atom stereocenters. The summed E-state index contributed by atoms with van der Waals surface area (Å²) in [5, 5.41) is 2.81. The maximum atomic E-state index is 12.2. The van der Waals surface area contributed by atoms with Gasteiger partial charge in [0.25, 0.3) is 5.91 Å². The van der Waals surface area contributed by atoms with Gasteiger partial charge in [-0.1, -0.05) is 35.9 Å². The number of hydrogen-bond acceptors (Lipinski definition) is 5. The van der Waals surface area contributed by atoms with E-state index in [2.05, 4.69) is 25.3 Å². The van der Waals surface area contributed by atoms with E-state index >= 15 is 0 Å². The van der Waals surface area contributed by atoms with Crippen LogP contribution in [0.15, 0.2) is 67.3 Å². The molecule has 3 aromatic heterocycles. The zero-order valence-corrected chi connectivity index (χ0v) is 15.3. The van der Waals surface area contributed by atoms with E-state index in [-0.39, 0.29) is 18.1 Å². The van der Waals surface area contributed by atoms with Crippen LogP contribution >= 0.6 is 0 Å². The first kappa shape index (κ1) is 17.5. The van der Waals surface area contributed by atoms with E-state index in [0.717, 1.165) is 22.6 Å². The highest BCUT2D eigenvalue weighted by Gasteiger charge is 2.16. The standard InChI is InChI=1S/C21H18N6O/c1-14-5-7-15(8-6-14)19-20(16-4-2-3-9-23-16)27-18(26-19)13-25-21(28)17-12-22-10-11-24-17/h2-12H,13H2,1H3,(H,25,28)(H,26,27). The molecule has 0 fully saturated rings. The lowest BCUT2D eigenvalue weighted by molar-refractivity contribution is 0.0944. The molecule has 0 saturated heterocycles. The van der Waals surface area contributed by atoms with Crippen LogP contribution in [0.3, 0.4) is 0 Å². The lowest BCUT2D eigenvalue weighted by Gasteiger charge is -2.02. The van der Waals surface area contributed by atoms with Gasteiger partial charge >= 0.3 is 0 Å². The summed E-state index contributed by atoms with van der Waals surface area (Å²) in [5.74, 6) is 0.328. The van der Waals surface area contributed by atoms with Crippen LogP contribution in [0.25, 0.3) is 22.6 Å². The monoisotopic (exact) mass is 370 g/mol. The summed E-state index contributed by atoms with van der Waals surface area (Å²) in [5.41, 5.74) is 4.81. The Morgan fingerprint density at radius 1 is 1.04 bits per heavy atom. The molecule has 0 aliphatic rings. The third kappa shape index (κ3) is 3.78. The molecule has 7 nitrogen and oxygen atoms in total. The quantitative estimate of drug-likeness (QED) is 0.562. The minimum Gasteiger partial charge on any atom is -0.343 e. The molecule has 2 N–H and O–H groups in total. The number of hydrogen-bond donors (Lipinski definition) is 2. The first-order valence-electron chi connectivity index (χ1n) is 8.82. The zero-order chi connectivity index (χ0) is 19.3. The second kappa shape index (κ2) is 7.79. The Morgan fingerprint density at radius 2 is 1.89 bits per heavy atom. The molecule has 0 atom stereocenters. The number of rotatable bonds is 5. The minimum atomic E-state index is -0.305. The first-order valence-corrected chi connectivity index (χ1v) is 8.82. The summed E-state index contributed by atoms with van der Waals surface area (Å²) in [6.07, 6.45) is 6.17. The van der Waals surface area contributed by atoms with Gasteiger partial charge < -0.3 is 10.3 Å². The fourth-order valence-corrected chi connectivity index (χ4v) is 2.79. The minimum absolute atomic E-state index is 0.237. The van der Waals surface area contributed by atoms with E-state index in [9.17, 15) is 4.79 Å². The van der Waals surface area contributed by atoms with Crippen molar-refractivity contribution in [1.29, 1.82) is 0 Å². The summed E-state index contributed by atoms with van der Waals surface area (Å²) < 4.78 is 0. The fraction of sp³-hybridized carbons (Fsp3) is 0.0952. The molecule has 7 heteroatoms. The Balaban J connectivity index is 1.63. The Labute approximate surface area is 161 Å². The second-order valence-electron chi connectivity index (χ2n) is 6.26. The maximum Gasteiger partial charge on any atom is 0.271 e. The van der Waals surface area contributed by atoms with Gasteiger partial charge in [-0.25, -0.2) is 9.97 Å². The van der Waals surface area contributed by atoms with Crippen molar-refractivity contribution >= 4 is 5.91 Å². The predicted molar refractivity (Wildman–Crippen MR) is 105 cm³/mol. The van der Waals surface area contributed by atoms with E-state index in [1.165, 1.54) is 24.2 Å². The number of carbonyl (C=O) groups is 1. The molecule has 0 radical (unpaired) electrons. The number of benzene rings is 1. The summed E-state index contributed by atoms with van der Waals surface area (Å²) in [4.78, 5) is 32.6. The van der Waals surface area contributed by atoms with Crippen LogP contribution in [-0.4, -0.2) is 30.8 Å². The lowest BCUT2D eigenvalue weighted by atomic mass is 10.1. The molecule has 138 valence electrons.